The molecule has 6 heteroatoms. The van der Waals surface area contributed by atoms with Crippen LogP contribution in [0.1, 0.15) is 0 Å². The van der Waals surface area contributed by atoms with E-state index in [1.165, 1.54) is 17.8 Å². The van der Waals surface area contributed by atoms with E-state index in [0.717, 1.165) is 6.20 Å². The van der Waals surface area contributed by atoms with E-state index < -0.39 is 5.51 Å². The second kappa shape index (κ2) is 4.23. The minimum Gasteiger partial charge on any atom is -0.252 e. The van der Waals surface area contributed by atoms with Crippen LogP contribution in [-0.4, -0.2) is 16.7 Å². The van der Waals surface area contributed by atoms with Crippen LogP contribution in [0.25, 0.3) is 0 Å². The lowest BCUT2D eigenvalue weighted by atomic mass is 10.5. The predicted octanol–water partition coefficient (Wildman–Crippen LogP) is 3.22. The maximum absolute atomic E-state index is 11.9. The van der Waals surface area contributed by atoms with Crippen LogP contribution in [0.2, 0.25) is 0 Å². The Bertz CT molecular complexity index is 287. The summed E-state index contributed by atoms with van der Waals surface area (Å²) in [6.45, 7) is 0. The number of pyridine rings is 1. The lowest BCUT2D eigenvalue weighted by Crippen LogP contribution is -1.99. The molecule has 1 rings (SSSR count). The van der Waals surface area contributed by atoms with Crippen molar-refractivity contribution in [2.75, 3.05) is 6.26 Å². The molecule has 1 radical (unpaired) electrons. The van der Waals surface area contributed by atoms with E-state index in [4.69, 9.17) is 0 Å². The number of halogens is 3. The first kappa shape index (κ1) is 10.7. The molecular weight excluding hydrogens is 219 g/mol. The Kier molecular flexibility index (Phi) is 3.49. The number of rotatable bonds is 2. The van der Waals surface area contributed by atoms with Crippen molar-refractivity contribution in [2.24, 2.45) is 0 Å². The number of hydrogen-bond acceptors (Lipinski definition) is 3. The van der Waals surface area contributed by atoms with Crippen molar-refractivity contribution in [1.29, 1.82) is 0 Å². The normalized spacial score (nSPS) is 11.7. The van der Waals surface area contributed by atoms with Crippen molar-refractivity contribution in [3.05, 3.63) is 18.5 Å². The van der Waals surface area contributed by atoms with E-state index in [2.05, 4.69) is 11.2 Å². The summed E-state index contributed by atoms with van der Waals surface area (Å²) in [7, 11) is 0. The molecule has 0 aliphatic carbocycles. The summed E-state index contributed by atoms with van der Waals surface area (Å²) < 4.78 is 35.7. The van der Waals surface area contributed by atoms with Gasteiger partial charge in [-0.15, -0.1) is 11.8 Å². The van der Waals surface area contributed by atoms with E-state index in [1.54, 1.807) is 6.26 Å². The molecule has 0 fully saturated rings. The van der Waals surface area contributed by atoms with Crippen LogP contribution in [0.3, 0.4) is 0 Å². The minimum atomic E-state index is -4.25. The van der Waals surface area contributed by atoms with E-state index in [9.17, 15) is 13.2 Å². The Morgan fingerprint density at radius 3 is 2.69 bits per heavy atom. The first-order valence-electron chi connectivity index (χ1n) is 3.19. The lowest BCUT2D eigenvalue weighted by Gasteiger charge is -2.04. The Morgan fingerprint density at radius 2 is 2.15 bits per heavy atom. The highest BCUT2D eigenvalue weighted by atomic mass is 32.2. The van der Waals surface area contributed by atoms with Crippen molar-refractivity contribution in [2.45, 2.75) is 15.3 Å². The van der Waals surface area contributed by atoms with E-state index in [-0.39, 0.29) is 16.7 Å². The topological polar surface area (TPSA) is 12.9 Å². The number of nitrogens with zero attached hydrogens (tertiary/aromatic N) is 1. The van der Waals surface area contributed by atoms with Gasteiger partial charge in [0.1, 0.15) is 6.20 Å². The second-order valence-electron chi connectivity index (χ2n) is 2.03. The molecule has 0 aliphatic rings. The SMILES string of the molecule is CSc1[c]ncc(SC(F)(F)F)c1. The summed E-state index contributed by atoms with van der Waals surface area (Å²) in [5.41, 5.74) is -4.25. The highest BCUT2D eigenvalue weighted by molar-refractivity contribution is 8.00. The van der Waals surface area contributed by atoms with E-state index in [0.29, 0.717) is 4.90 Å². The summed E-state index contributed by atoms with van der Waals surface area (Å²) in [5, 5.41) is 0. The fourth-order valence-electron chi connectivity index (χ4n) is 0.652. The van der Waals surface area contributed by atoms with Gasteiger partial charge in [0, 0.05) is 16.0 Å². The summed E-state index contributed by atoms with van der Waals surface area (Å²) in [4.78, 5) is 4.27. The van der Waals surface area contributed by atoms with Crippen LogP contribution in [0.15, 0.2) is 22.1 Å². The Balaban J connectivity index is 2.78. The zero-order chi connectivity index (χ0) is 9.90. The highest BCUT2D eigenvalue weighted by Gasteiger charge is 2.29. The number of aromatic nitrogens is 1. The maximum Gasteiger partial charge on any atom is 0.446 e. The Morgan fingerprint density at radius 1 is 1.46 bits per heavy atom. The average molecular weight is 224 g/mol. The maximum atomic E-state index is 11.9. The standard InChI is InChI=1S/C7H5F3NS2/c1-12-5-2-6(4-11-3-5)13-7(8,9)10/h2,4H,1H3. The minimum absolute atomic E-state index is 0.0931. The zero-order valence-corrected chi connectivity index (χ0v) is 8.19. The van der Waals surface area contributed by atoms with Crippen molar-refractivity contribution >= 4 is 23.5 Å². The van der Waals surface area contributed by atoms with Crippen molar-refractivity contribution in [3.63, 3.8) is 0 Å². The highest BCUT2D eigenvalue weighted by Crippen LogP contribution is 2.37. The Labute approximate surface area is 82.1 Å². The van der Waals surface area contributed by atoms with Crippen molar-refractivity contribution < 1.29 is 13.2 Å². The molecule has 0 spiro atoms. The monoisotopic (exact) mass is 224 g/mol. The molecule has 0 aromatic carbocycles. The molecule has 1 nitrogen and oxygen atoms in total. The summed E-state index contributed by atoms with van der Waals surface area (Å²) >= 11 is 1.14. The van der Waals surface area contributed by atoms with Crippen LogP contribution in [0.4, 0.5) is 13.2 Å². The molecule has 71 valence electrons. The summed E-state index contributed by atoms with van der Waals surface area (Å²) in [5.74, 6) is 0. The second-order valence-corrected chi connectivity index (χ2v) is 4.02. The molecule has 0 aliphatic heterocycles. The third kappa shape index (κ3) is 3.91. The smallest absolute Gasteiger partial charge is 0.252 e. The molecule has 0 amide bonds. The molecule has 0 atom stereocenters. The first-order chi connectivity index (χ1) is 6.01. The van der Waals surface area contributed by atoms with Crippen LogP contribution < -0.4 is 0 Å². The van der Waals surface area contributed by atoms with Gasteiger partial charge in [0.05, 0.1) is 0 Å². The van der Waals surface area contributed by atoms with Gasteiger partial charge in [0.25, 0.3) is 0 Å². The van der Waals surface area contributed by atoms with Gasteiger partial charge in [-0.1, -0.05) is 0 Å². The molecule has 0 bridgehead atoms. The third-order valence-electron chi connectivity index (χ3n) is 1.09. The van der Waals surface area contributed by atoms with Crippen molar-refractivity contribution in [3.8, 4) is 0 Å². The van der Waals surface area contributed by atoms with Gasteiger partial charge >= 0.3 is 5.51 Å². The predicted molar refractivity (Wildman–Crippen MR) is 46.8 cm³/mol. The number of alkyl halides is 3. The molecule has 1 aromatic heterocycles. The van der Waals surface area contributed by atoms with Gasteiger partial charge in [-0.05, 0) is 24.1 Å². The fraction of sp³-hybridized carbons (Fsp3) is 0.286. The quantitative estimate of drug-likeness (QED) is 0.716. The van der Waals surface area contributed by atoms with Gasteiger partial charge in [0.15, 0.2) is 0 Å². The van der Waals surface area contributed by atoms with Gasteiger partial charge in [-0.2, -0.15) is 13.2 Å². The lowest BCUT2D eigenvalue weighted by molar-refractivity contribution is -0.0328. The molecule has 0 N–H and O–H groups in total. The van der Waals surface area contributed by atoms with Gasteiger partial charge in [0.2, 0.25) is 0 Å². The molecular formula is C7H5F3NS2. The van der Waals surface area contributed by atoms with Crippen molar-refractivity contribution in [1.82, 2.24) is 4.98 Å². The van der Waals surface area contributed by atoms with Crippen LogP contribution >= 0.6 is 23.5 Å². The molecule has 0 unspecified atom stereocenters. The Hall–Kier alpha value is -0.360. The van der Waals surface area contributed by atoms with Gasteiger partial charge < -0.3 is 0 Å². The van der Waals surface area contributed by atoms with Crippen LogP contribution in [-0.2, 0) is 0 Å². The zero-order valence-electron chi connectivity index (χ0n) is 6.55. The third-order valence-corrected chi connectivity index (χ3v) is 2.43. The summed E-state index contributed by atoms with van der Waals surface area (Å²) in [6, 6.07) is 1.41. The molecule has 1 aromatic rings. The number of thioether (sulfide) groups is 2. The van der Waals surface area contributed by atoms with Crippen LogP contribution in [0, 0.1) is 6.20 Å². The van der Waals surface area contributed by atoms with Gasteiger partial charge in [-0.25, -0.2) is 0 Å². The molecule has 13 heavy (non-hydrogen) atoms. The number of hydrogen-bond donors (Lipinski definition) is 0. The molecule has 0 saturated carbocycles. The molecule has 1 heterocycles. The summed E-state index contributed by atoms with van der Waals surface area (Å²) in [6.07, 6.45) is 5.49. The van der Waals surface area contributed by atoms with Crippen LogP contribution in [0.5, 0.6) is 0 Å². The van der Waals surface area contributed by atoms with Gasteiger partial charge in [-0.3, -0.25) is 4.98 Å². The largest absolute Gasteiger partial charge is 0.446 e. The molecule has 0 saturated heterocycles. The average Bonchev–Trinajstić information content (AvgIpc) is 2.01. The van der Waals surface area contributed by atoms with E-state index >= 15 is 0 Å². The first-order valence-corrected chi connectivity index (χ1v) is 5.23. The fourth-order valence-corrected chi connectivity index (χ4v) is 1.67. The van der Waals surface area contributed by atoms with E-state index in [1.807, 2.05) is 0 Å².